The molecule has 1 aliphatic rings. The molecule has 0 bridgehead atoms. The first-order valence-electron chi connectivity index (χ1n) is 9.34. The minimum absolute atomic E-state index is 0.192. The lowest BCUT2D eigenvalue weighted by Crippen LogP contribution is -2.26. The lowest BCUT2D eigenvalue weighted by molar-refractivity contribution is -0.138. The number of carbonyl (C=O) groups is 3. The number of ether oxygens (including phenoxy) is 3. The second-order valence-corrected chi connectivity index (χ2v) is 8.54. The molecule has 1 saturated heterocycles. The molecule has 1 aliphatic heterocycles. The van der Waals surface area contributed by atoms with Gasteiger partial charge in [-0.05, 0) is 57.9 Å². The van der Waals surface area contributed by atoms with Crippen LogP contribution in [-0.4, -0.2) is 53.8 Å². The summed E-state index contributed by atoms with van der Waals surface area (Å²) in [7, 11) is 2.96. The van der Waals surface area contributed by atoms with Crippen LogP contribution in [0.25, 0.3) is 0 Å². The third-order valence-electron chi connectivity index (χ3n) is 4.26. The van der Waals surface area contributed by atoms with Crippen molar-refractivity contribution in [2.75, 3.05) is 14.2 Å². The van der Waals surface area contributed by atoms with E-state index in [1.54, 1.807) is 36.4 Å². The van der Waals surface area contributed by atoms with Crippen molar-refractivity contribution >= 4 is 56.9 Å². The Hall–Kier alpha value is -3.38. The number of rotatable bonds is 8. The van der Waals surface area contributed by atoms with Crippen LogP contribution in [0, 0.1) is 0 Å². The van der Waals surface area contributed by atoms with Crippen molar-refractivity contribution in [3.63, 3.8) is 0 Å². The average Bonchev–Trinajstić information content (AvgIpc) is 3.13. The molecule has 1 unspecified atom stereocenters. The van der Waals surface area contributed by atoms with Crippen LogP contribution in [0.15, 0.2) is 51.1 Å². The molecule has 10 nitrogen and oxygen atoms in total. The molecule has 3 rings (SSSR count). The van der Waals surface area contributed by atoms with Gasteiger partial charge in [0.15, 0.2) is 16.7 Å². The number of esters is 1. The fourth-order valence-corrected chi connectivity index (χ4v) is 4.14. The first-order valence-corrected chi connectivity index (χ1v) is 11.0. The van der Waals surface area contributed by atoms with Gasteiger partial charge < -0.3 is 24.6 Å². The predicted octanol–water partition coefficient (Wildman–Crippen LogP) is 3.08. The quantitative estimate of drug-likeness (QED) is 0.228. The molecule has 2 N–H and O–H groups in total. The number of amides is 1. The Balaban J connectivity index is 1.72. The zero-order valence-corrected chi connectivity index (χ0v) is 19.8. The molecule has 2 aromatic rings. The fraction of sp³-hybridized carbons (Fsp3) is 0.190. The molecule has 1 heterocycles. The van der Waals surface area contributed by atoms with Crippen molar-refractivity contribution in [2.24, 2.45) is 10.2 Å². The van der Waals surface area contributed by atoms with E-state index in [0.29, 0.717) is 21.3 Å². The van der Waals surface area contributed by atoms with E-state index < -0.39 is 23.1 Å². The number of carbonyl (C=O) groups excluding carboxylic acids is 2. The normalized spacial score (nSPS) is 16.6. The summed E-state index contributed by atoms with van der Waals surface area (Å²) in [5.41, 5.74) is 0.910. The van der Waals surface area contributed by atoms with E-state index in [1.807, 2.05) is 0 Å². The highest BCUT2D eigenvalue weighted by atomic mass is 79.9. The van der Waals surface area contributed by atoms with Crippen molar-refractivity contribution in [1.82, 2.24) is 5.32 Å². The Kier molecular flexibility index (Phi) is 8.06. The van der Waals surface area contributed by atoms with Crippen molar-refractivity contribution in [3.05, 3.63) is 52.0 Å². The molecule has 0 aliphatic carbocycles. The molecule has 0 spiro atoms. The second-order valence-electron chi connectivity index (χ2n) is 6.50. The molecule has 1 atom stereocenters. The molecule has 2 aromatic carbocycles. The van der Waals surface area contributed by atoms with Crippen LogP contribution in [0.2, 0.25) is 0 Å². The van der Waals surface area contributed by atoms with Gasteiger partial charge in [-0.25, -0.2) is 4.79 Å². The SMILES string of the molecule is COc1ccc(C(=O)Oc2c(Br)cc(C=N/N=C3\NC(=O)C(CC(=O)O)S3)cc2OC)cc1. The van der Waals surface area contributed by atoms with E-state index in [-0.39, 0.29) is 23.1 Å². The molecular weight excluding hydrogens is 518 g/mol. The Morgan fingerprint density at radius 1 is 1.21 bits per heavy atom. The second kappa shape index (κ2) is 11.0. The van der Waals surface area contributed by atoms with E-state index in [2.05, 4.69) is 31.4 Å². The maximum atomic E-state index is 12.5. The van der Waals surface area contributed by atoms with Crippen molar-refractivity contribution in [3.8, 4) is 17.2 Å². The summed E-state index contributed by atoms with van der Waals surface area (Å²) in [4.78, 5) is 35.0. The predicted molar refractivity (Wildman–Crippen MR) is 125 cm³/mol. The Morgan fingerprint density at radius 3 is 2.58 bits per heavy atom. The van der Waals surface area contributed by atoms with Gasteiger partial charge in [-0.15, -0.1) is 5.10 Å². The van der Waals surface area contributed by atoms with E-state index in [9.17, 15) is 14.4 Å². The number of hydrogen-bond acceptors (Lipinski definition) is 9. The highest BCUT2D eigenvalue weighted by molar-refractivity contribution is 9.10. The summed E-state index contributed by atoms with van der Waals surface area (Å²) in [6.07, 6.45) is 1.10. The number of carboxylic acids is 1. The zero-order valence-electron chi connectivity index (χ0n) is 17.4. The minimum Gasteiger partial charge on any atom is -0.497 e. The first-order chi connectivity index (χ1) is 15.8. The summed E-state index contributed by atoms with van der Waals surface area (Å²) in [6.45, 7) is 0. The number of benzene rings is 2. The smallest absolute Gasteiger partial charge is 0.343 e. The molecule has 0 aromatic heterocycles. The Bertz CT molecular complexity index is 1140. The number of methoxy groups -OCH3 is 2. The van der Waals surface area contributed by atoms with Crippen LogP contribution in [0.1, 0.15) is 22.3 Å². The van der Waals surface area contributed by atoms with E-state index in [4.69, 9.17) is 19.3 Å². The van der Waals surface area contributed by atoms with E-state index in [0.717, 1.165) is 11.8 Å². The third kappa shape index (κ3) is 6.33. The molecule has 172 valence electrons. The van der Waals surface area contributed by atoms with Gasteiger partial charge >= 0.3 is 11.9 Å². The van der Waals surface area contributed by atoms with Crippen LogP contribution in [0.3, 0.4) is 0 Å². The molecular formula is C21H18BrN3O7S. The number of aliphatic carboxylic acids is 1. The highest BCUT2D eigenvalue weighted by Gasteiger charge is 2.32. The van der Waals surface area contributed by atoms with Crippen LogP contribution in [0.4, 0.5) is 0 Å². The summed E-state index contributed by atoms with van der Waals surface area (Å²) in [5, 5.41) is 18.6. The largest absolute Gasteiger partial charge is 0.497 e. The number of amidine groups is 1. The van der Waals surface area contributed by atoms with E-state index >= 15 is 0 Å². The average molecular weight is 536 g/mol. The van der Waals surface area contributed by atoms with Crippen LogP contribution in [-0.2, 0) is 9.59 Å². The highest BCUT2D eigenvalue weighted by Crippen LogP contribution is 2.37. The van der Waals surface area contributed by atoms with Crippen LogP contribution >= 0.6 is 27.7 Å². The fourth-order valence-electron chi connectivity index (χ4n) is 2.69. The van der Waals surface area contributed by atoms with Gasteiger partial charge in [0.05, 0.1) is 36.9 Å². The number of nitrogens with zero attached hydrogens (tertiary/aromatic N) is 2. The monoisotopic (exact) mass is 535 g/mol. The number of thioether (sulfide) groups is 1. The van der Waals surface area contributed by atoms with Gasteiger partial charge in [-0.1, -0.05) is 11.8 Å². The maximum absolute atomic E-state index is 12.5. The van der Waals surface area contributed by atoms with Gasteiger partial charge in [0.2, 0.25) is 5.91 Å². The number of hydrogen-bond donors (Lipinski definition) is 2. The van der Waals surface area contributed by atoms with Crippen LogP contribution < -0.4 is 19.5 Å². The lowest BCUT2D eigenvalue weighted by atomic mass is 10.2. The maximum Gasteiger partial charge on any atom is 0.343 e. The molecule has 12 heteroatoms. The van der Waals surface area contributed by atoms with Crippen molar-refractivity contribution in [1.29, 1.82) is 0 Å². The molecule has 1 amide bonds. The summed E-state index contributed by atoms with van der Waals surface area (Å²) in [5.74, 6) is -0.983. The van der Waals surface area contributed by atoms with Gasteiger partial charge in [0.25, 0.3) is 0 Å². The molecule has 0 radical (unpaired) electrons. The summed E-state index contributed by atoms with van der Waals surface area (Å²) in [6, 6.07) is 9.72. The number of nitrogens with one attached hydrogen (secondary N) is 1. The van der Waals surface area contributed by atoms with Crippen molar-refractivity contribution < 1.29 is 33.7 Å². The summed E-state index contributed by atoms with van der Waals surface area (Å²) >= 11 is 4.37. The minimum atomic E-state index is -1.07. The third-order valence-corrected chi connectivity index (χ3v) is 5.93. The summed E-state index contributed by atoms with van der Waals surface area (Å²) < 4.78 is 16.4. The van der Waals surface area contributed by atoms with Crippen molar-refractivity contribution in [2.45, 2.75) is 11.7 Å². The standard InChI is InChI=1S/C21H18BrN3O7S/c1-30-13-5-3-12(4-6-13)20(29)32-18-14(22)7-11(8-15(18)31-2)10-23-25-21-24-19(28)16(33-21)9-17(26)27/h3-8,10,16H,9H2,1-2H3,(H,26,27)(H,24,25,28). The van der Waals surface area contributed by atoms with Gasteiger partial charge in [-0.2, -0.15) is 5.10 Å². The molecule has 1 fully saturated rings. The van der Waals surface area contributed by atoms with Gasteiger partial charge in [0.1, 0.15) is 11.0 Å². The topological polar surface area (TPSA) is 136 Å². The Labute approximate surface area is 201 Å². The van der Waals surface area contributed by atoms with Crippen LogP contribution in [0.5, 0.6) is 17.2 Å². The Morgan fingerprint density at radius 2 is 1.94 bits per heavy atom. The van der Waals surface area contributed by atoms with E-state index in [1.165, 1.54) is 20.4 Å². The van der Waals surface area contributed by atoms with Gasteiger partial charge in [0, 0.05) is 0 Å². The number of carboxylic acid groups (broad SMARTS) is 1. The first kappa shape index (κ1) is 24.3. The van der Waals surface area contributed by atoms with Gasteiger partial charge in [-0.3, -0.25) is 9.59 Å². The lowest BCUT2D eigenvalue weighted by Gasteiger charge is -2.12. The molecule has 0 saturated carbocycles. The number of halogens is 1. The molecule has 33 heavy (non-hydrogen) atoms. The zero-order chi connectivity index (χ0) is 24.0.